The molecule has 0 aliphatic rings. The molecular weight excluding hydrogens is 364 g/mol. The number of halogens is 1. The van der Waals surface area contributed by atoms with E-state index >= 15 is 0 Å². The Balaban J connectivity index is 1.51. The van der Waals surface area contributed by atoms with Crippen molar-refractivity contribution < 1.29 is 9.53 Å². The normalized spacial score (nSPS) is 10.3. The fraction of sp³-hybridized carbons (Fsp3) is 0.150. The van der Waals surface area contributed by atoms with Crippen molar-refractivity contribution in [2.75, 3.05) is 19.0 Å². The summed E-state index contributed by atoms with van der Waals surface area (Å²) in [5.74, 6) is 1.09. The number of carbonyl (C=O) groups excluding carboxylic acids is 1. The molecule has 0 saturated carbocycles. The van der Waals surface area contributed by atoms with Crippen LogP contribution in [0, 0.1) is 0 Å². The molecule has 27 heavy (non-hydrogen) atoms. The van der Waals surface area contributed by atoms with Crippen LogP contribution in [0.3, 0.4) is 0 Å². The van der Waals surface area contributed by atoms with E-state index in [9.17, 15) is 4.79 Å². The summed E-state index contributed by atoms with van der Waals surface area (Å²) in [5.41, 5.74) is 2.18. The number of aromatic nitrogens is 2. The molecule has 0 radical (unpaired) electrons. The molecule has 0 spiro atoms. The van der Waals surface area contributed by atoms with Crippen LogP contribution in [-0.4, -0.2) is 29.5 Å². The topological polar surface area (TPSA) is 76.1 Å². The van der Waals surface area contributed by atoms with Gasteiger partial charge in [-0.15, -0.1) is 0 Å². The van der Waals surface area contributed by atoms with Crippen molar-refractivity contribution in [2.45, 2.75) is 6.42 Å². The Morgan fingerprint density at radius 1 is 1.11 bits per heavy atom. The third-order valence-corrected chi connectivity index (χ3v) is 4.07. The second kappa shape index (κ2) is 9.00. The monoisotopic (exact) mass is 382 g/mol. The SMILES string of the molecule is COc1ccc(CCNC(=O)c2cnc(Nc3cccc(Cl)c3)cn2)cc1. The highest BCUT2D eigenvalue weighted by Crippen LogP contribution is 2.18. The summed E-state index contributed by atoms with van der Waals surface area (Å²) in [6.45, 7) is 0.509. The molecule has 1 aromatic heterocycles. The third kappa shape index (κ3) is 5.43. The summed E-state index contributed by atoms with van der Waals surface area (Å²) in [5, 5.41) is 6.55. The van der Waals surface area contributed by atoms with Crippen molar-refractivity contribution in [2.24, 2.45) is 0 Å². The molecule has 3 aromatic rings. The quantitative estimate of drug-likeness (QED) is 0.649. The van der Waals surface area contributed by atoms with Crippen molar-refractivity contribution in [3.8, 4) is 5.75 Å². The number of amides is 1. The van der Waals surface area contributed by atoms with E-state index in [0.717, 1.165) is 23.4 Å². The van der Waals surface area contributed by atoms with E-state index in [1.54, 1.807) is 19.2 Å². The van der Waals surface area contributed by atoms with E-state index in [2.05, 4.69) is 20.6 Å². The highest BCUT2D eigenvalue weighted by molar-refractivity contribution is 6.30. The van der Waals surface area contributed by atoms with Crippen LogP contribution < -0.4 is 15.4 Å². The third-order valence-electron chi connectivity index (χ3n) is 3.84. The number of nitrogens with zero attached hydrogens (tertiary/aromatic N) is 2. The maximum atomic E-state index is 12.2. The first-order valence-electron chi connectivity index (χ1n) is 8.40. The lowest BCUT2D eigenvalue weighted by Gasteiger charge is -2.07. The summed E-state index contributed by atoms with van der Waals surface area (Å²) < 4.78 is 5.13. The smallest absolute Gasteiger partial charge is 0.271 e. The Morgan fingerprint density at radius 3 is 2.59 bits per heavy atom. The van der Waals surface area contributed by atoms with E-state index in [4.69, 9.17) is 16.3 Å². The number of methoxy groups -OCH3 is 1. The molecule has 0 saturated heterocycles. The summed E-state index contributed by atoms with van der Waals surface area (Å²) in [4.78, 5) is 20.6. The molecule has 0 bridgehead atoms. The molecule has 0 unspecified atom stereocenters. The van der Waals surface area contributed by atoms with Gasteiger partial charge < -0.3 is 15.4 Å². The standard InChI is InChI=1S/C20H19ClN4O2/c1-27-17-7-5-14(6-8-17)9-10-22-20(26)18-12-24-19(13-23-18)25-16-4-2-3-15(21)11-16/h2-8,11-13H,9-10H2,1H3,(H,22,26)(H,24,25). The first-order valence-corrected chi connectivity index (χ1v) is 8.77. The predicted octanol–water partition coefficient (Wildman–Crippen LogP) is 3.85. The number of carbonyl (C=O) groups is 1. The van der Waals surface area contributed by atoms with E-state index in [0.29, 0.717) is 17.4 Å². The molecule has 0 aliphatic carbocycles. The lowest BCUT2D eigenvalue weighted by molar-refractivity contribution is 0.0949. The van der Waals surface area contributed by atoms with Crippen molar-refractivity contribution in [1.29, 1.82) is 0 Å². The Kier molecular flexibility index (Phi) is 6.22. The fourth-order valence-corrected chi connectivity index (χ4v) is 2.62. The Hall–Kier alpha value is -3.12. The Bertz CT molecular complexity index is 899. The number of benzene rings is 2. The maximum Gasteiger partial charge on any atom is 0.271 e. The lowest BCUT2D eigenvalue weighted by Crippen LogP contribution is -2.26. The second-order valence-corrected chi connectivity index (χ2v) is 6.21. The van der Waals surface area contributed by atoms with Crippen LogP contribution in [0.25, 0.3) is 0 Å². The van der Waals surface area contributed by atoms with E-state index in [-0.39, 0.29) is 11.6 Å². The number of hydrogen-bond acceptors (Lipinski definition) is 5. The Morgan fingerprint density at radius 2 is 1.93 bits per heavy atom. The van der Waals surface area contributed by atoms with Gasteiger partial charge in [0, 0.05) is 17.3 Å². The average molecular weight is 383 g/mol. The van der Waals surface area contributed by atoms with E-state index in [1.807, 2.05) is 36.4 Å². The minimum atomic E-state index is -0.259. The van der Waals surface area contributed by atoms with Crippen molar-refractivity contribution in [3.05, 3.63) is 77.2 Å². The van der Waals surface area contributed by atoms with E-state index in [1.165, 1.54) is 12.4 Å². The molecule has 0 atom stereocenters. The zero-order chi connectivity index (χ0) is 19.1. The molecule has 2 aromatic carbocycles. The number of anilines is 2. The number of hydrogen-bond donors (Lipinski definition) is 2. The van der Waals surface area contributed by atoms with Crippen LogP contribution in [0.4, 0.5) is 11.5 Å². The molecule has 6 nitrogen and oxygen atoms in total. The van der Waals surface area contributed by atoms with Crippen molar-refractivity contribution >= 4 is 29.0 Å². The number of ether oxygens (including phenoxy) is 1. The summed E-state index contributed by atoms with van der Waals surface area (Å²) >= 11 is 5.95. The fourth-order valence-electron chi connectivity index (χ4n) is 2.43. The van der Waals surface area contributed by atoms with Crippen LogP contribution in [0.2, 0.25) is 5.02 Å². The molecular formula is C20H19ClN4O2. The minimum Gasteiger partial charge on any atom is -0.497 e. The lowest BCUT2D eigenvalue weighted by atomic mass is 10.1. The average Bonchev–Trinajstić information content (AvgIpc) is 2.69. The van der Waals surface area contributed by atoms with Gasteiger partial charge in [0.1, 0.15) is 17.3 Å². The maximum absolute atomic E-state index is 12.2. The van der Waals surface area contributed by atoms with Gasteiger partial charge in [0.2, 0.25) is 0 Å². The minimum absolute atomic E-state index is 0.259. The van der Waals surface area contributed by atoms with Gasteiger partial charge in [0.15, 0.2) is 0 Å². The van der Waals surface area contributed by atoms with Crippen LogP contribution in [0.1, 0.15) is 16.1 Å². The number of nitrogens with one attached hydrogen (secondary N) is 2. The highest BCUT2D eigenvalue weighted by atomic mass is 35.5. The molecule has 3 rings (SSSR count). The van der Waals surface area contributed by atoms with Gasteiger partial charge >= 0.3 is 0 Å². The molecule has 138 valence electrons. The first-order chi connectivity index (χ1) is 13.1. The molecule has 0 aliphatic heterocycles. The second-order valence-electron chi connectivity index (χ2n) is 5.78. The van der Waals surface area contributed by atoms with Gasteiger partial charge in [0.25, 0.3) is 5.91 Å². The summed E-state index contributed by atoms with van der Waals surface area (Å²) in [6.07, 6.45) is 3.67. The van der Waals surface area contributed by atoms with E-state index < -0.39 is 0 Å². The van der Waals surface area contributed by atoms with Gasteiger partial charge in [-0.05, 0) is 42.3 Å². The van der Waals surface area contributed by atoms with Gasteiger partial charge in [-0.3, -0.25) is 4.79 Å². The number of rotatable bonds is 7. The van der Waals surface area contributed by atoms with Gasteiger partial charge in [0.05, 0.1) is 19.5 Å². The summed E-state index contributed by atoms with van der Waals surface area (Å²) in [7, 11) is 1.63. The van der Waals surface area contributed by atoms with Gasteiger partial charge in [-0.2, -0.15) is 0 Å². The largest absolute Gasteiger partial charge is 0.497 e. The molecule has 1 heterocycles. The highest BCUT2D eigenvalue weighted by Gasteiger charge is 2.08. The zero-order valence-corrected chi connectivity index (χ0v) is 15.5. The molecule has 0 fully saturated rings. The molecule has 1 amide bonds. The van der Waals surface area contributed by atoms with Crippen LogP contribution >= 0.6 is 11.6 Å². The van der Waals surface area contributed by atoms with Crippen molar-refractivity contribution in [1.82, 2.24) is 15.3 Å². The predicted molar refractivity (Wildman–Crippen MR) is 106 cm³/mol. The molecule has 2 N–H and O–H groups in total. The zero-order valence-electron chi connectivity index (χ0n) is 14.8. The van der Waals surface area contributed by atoms with Gasteiger partial charge in [-0.25, -0.2) is 9.97 Å². The van der Waals surface area contributed by atoms with Crippen LogP contribution in [-0.2, 0) is 6.42 Å². The van der Waals surface area contributed by atoms with Crippen molar-refractivity contribution in [3.63, 3.8) is 0 Å². The van der Waals surface area contributed by atoms with Crippen LogP contribution in [0.15, 0.2) is 60.9 Å². The molecule has 7 heteroatoms. The van der Waals surface area contributed by atoms with Gasteiger partial charge in [-0.1, -0.05) is 29.8 Å². The Labute approximate surface area is 162 Å². The first kappa shape index (κ1) is 18.7. The van der Waals surface area contributed by atoms with Crippen LogP contribution in [0.5, 0.6) is 5.75 Å². The summed E-state index contributed by atoms with van der Waals surface area (Å²) in [6, 6.07) is 15.0.